The summed E-state index contributed by atoms with van der Waals surface area (Å²) in [5.74, 6) is 0.305. The van der Waals surface area contributed by atoms with E-state index in [9.17, 15) is 0 Å². The third kappa shape index (κ3) is 4.76. The first-order valence-corrected chi connectivity index (χ1v) is 6.85. The number of hydrogen-bond donors (Lipinski definition) is 2. The second kappa shape index (κ2) is 7.24. The van der Waals surface area contributed by atoms with Crippen molar-refractivity contribution in [3.8, 4) is 0 Å². The summed E-state index contributed by atoms with van der Waals surface area (Å²) in [7, 11) is 0. The topological polar surface area (TPSA) is 62.8 Å². The van der Waals surface area contributed by atoms with Gasteiger partial charge in [-0.1, -0.05) is 48.5 Å². The number of aryl methyl sites for hydroxylation is 2. The van der Waals surface area contributed by atoms with Crippen molar-refractivity contribution in [3.63, 3.8) is 0 Å². The number of aliphatic imine (C=N–C) groups is 1. The smallest absolute Gasteiger partial charge is 0.209 e. The predicted molar refractivity (Wildman–Crippen MR) is 88.4 cm³/mol. The van der Waals surface area contributed by atoms with Crippen molar-refractivity contribution in [2.75, 3.05) is 0 Å². The molecule has 0 aliphatic heterocycles. The lowest BCUT2D eigenvalue weighted by atomic mass is 10.1. The standard InChI is InChI=1S/C17H20N4/c1-13-8-9-16(10-14(13)2)12-20-21-17(18)19-11-15-6-4-3-5-7-15/h3-10,12H,11H2,1-2H3,(H3,18,19,21)/b20-12+. The van der Waals surface area contributed by atoms with E-state index in [0.717, 1.165) is 11.1 Å². The van der Waals surface area contributed by atoms with Gasteiger partial charge in [0.1, 0.15) is 0 Å². The monoisotopic (exact) mass is 280 g/mol. The third-order valence-electron chi connectivity index (χ3n) is 3.20. The van der Waals surface area contributed by atoms with E-state index in [1.807, 2.05) is 36.4 Å². The van der Waals surface area contributed by atoms with E-state index in [1.54, 1.807) is 6.21 Å². The summed E-state index contributed by atoms with van der Waals surface area (Å²) in [5.41, 5.74) is 13.1. The maximum atomic E-state index is 5.76. The Bertz CT molecular complexity index is 645. The number of hydrazone groups is 1. The van der Waals surface area contributed by atoms with Crippen LogP contribution in [-0.4, -0.2) is 12.2 Å². The van der Waals surface area contributed by atoms with Crippen LogP contribution in [0.5, 0.6) is 0 Å². The third-order valence-corrected chi connectivity index (χ3v) is 3.20. The van der Waals surface area contributed by atoms with E-state index >= 15 is 0 Å². The highest BCUT2D eigenvalue weighted by Gasteiger charge is 1.94. The fourth-order valence-electron chi connectivity index (χ4n) is 1.81. The zero-order chi connectivity index (χ0) is 15.1. The van der Waals surface area contributed by atoms with Crippen LogP contribution in [0.1, 0.15) is 22.3 Å². The number of rotatable bonds is 4. The van der Waals surface area contributed by atoms with Crippen LogP contribution in [0.3, 0.4) is 0 Å². The molecule has 0 aliphatic rings. The molecule has 0 aromatic heterocycles. The second-order valence-electron chi connectivity index (χ2n) is 4.90. The average molecular weight is 280 g/mol. The Morgan fingerprint density at radius 1 is 1.10 bits per heavy atom. The first kappa shape index (κ1) is 14.8. The summed E-state index contributed by atoms with van der Waals surface area (Å²) in [5, 5.41) is 4.09. The Kier molecular flexibility index (Phi) is 5.10. The first-order chi connectivity index (χ1) is 10.1. The van der Waals surface area contributed by atoms with Crippen molar-refractivity contribution < 1.29 is 0 Å². The molecular formula is C17H20N4. The zero-order valence-electron chi connectivity index (χ0n) is 12.4. The highest BCUT2D eigenvalue weighted by atomic mass is 15.3. The van der Waals surface area contributed by atoms with Crippen LogP contribution >= 0.6 is 0 Å². The lowest BCUT2D eigenvalue weighted by Crippen LogP contribution is -2.27. The molecule has 0 unspecified atom stereocenters. The Morgan fingerprint density at radius 2 is 1.86 bits per heavy atom. The Labute approximate surface area is 125 Å². The summed E-state index contributed by atoms with van der Waals surface area (Å²) in [6, 6.07) is 16.1. The van der Waals surface area contributed by atoms with Crippen LogP contribution < -0.4 is 11.2 Å². The van der Waals surface area contributed by atoms with Crippen molar-refractivity contribution in [1.29, 1.82) is 0 Å². The molecule has 0 aliphatic carbocycles. The van der Waals surface area contributed by atoms with Crippen molar-refractivity contribution in [2.45, 2.75) is 20.4 Å². The predicted octanol–water partition coefficient (Wildman–Crippen LogP) is 2.74. The van der Waals surface area contributed by atoms with Crippen molar-refractivity contribution in [3.05, 3.63) is 70.8 Å². The lowest BCUT2D eigenvalue weighted by molar-refractivity contribution is 0.963. The quantitative estimate of drug-likeness (QED) is 0.514. The van der Waals surface area contributed by atoms with Crippen LogP contribution in [0.15, 0.2) is 58.6 Å². The Hall–Kier alpha value is -2.62. The summed E-state index contributed by atoms with van der Waals surface area (Å²) >= 11 is 0. The van der Waals surface area contributed by atoms with E-state index < -0.39 is 0 Å². The molecule has 0 spiro atoms. The van der Waals surface area contributed by atoms with Gasteiger partial charge in [-0.3, -0.25) is 0 Å². The van der Waals surface area contributed by atoms with Crippen molar-refractivity contribution in [2.24, 2.45) is 15.8 Å². The molecule has 2 aromatic carbocycles. The fourth-order valence-corrected chi connectivity index (χ4v) is 1.81. The van der Waals surface area contributed by atoms with Gasteiger partial charge < -0.3 is 5.73 Å². The summed E-state index contributed by atoms with van der Waals surface area (Å²) in [4.78, 5) is 4.23. The minimum Gasteiger partial charge on any atom is -0.369 e. The Morgan fingerprint density at radius 3 is 2.57 bits per heavy atom. The normalized spacial score (nSPS) is 11.8. The van der Waals surface area contributed by atoms with Gasteiger partial charge in [0.15, 0.2) is 0 Å². The molecule has 0 heterocycles. The maximum absolute atomic E-state index is 5.76. The van der Waals surface area contributed by atoms with Gasteiger partial charge in [-0.15, -0.1) is 0 Å². The Balaban J connectivity index is 1.89. The van der Waals surface area contributed by atoms with Crippen molar-refractivity contribution in [1.82, 2.24) is 5.43 Å². The SMILES string of the molecule is Cc1ccc(/C=N/NC(N)=NCc2ccccc2)cc1C. The molecule has 0 amide bonds. The van der Waals surface area contributed by atoms with Crippen LogP contribution in [0.25, 0.3) is 0 Å². The van der Waals surface area contributed by atoms with Gasteiger partial charge in [-0.25, -0.2) is 10.4 Å². The highest BCUT2D eigenvalue weighted by Crippen LogP contribution is 2.07. The van der Waals surface area contributed by atoms with E-state index in [2.05, 4.69) is 41.5 Å². The van der Waals surface area contributed by atoms with E-state index in [4.69, 9.17) is 5.73 Å². The number of hydrogen-bond acceptors (Lipinski definition) is 2. The number of nitrogens with zero attached hydrogens (tertiary/aromatic N) is 2. The molecule has 0 saturated heterocycles. The molecular weight excluding hydrogens is 260 g/mol. The second-order valence-corrected chi connectivity index (χ2v) is 4.90. The summed E-state index contributed by atoms with van der Waals surface area (Å²) < 4.78 is 0. The van der Waals surface area contributed by atoms with Crippen LogP contribution in [0.2, 0.25) is 0 Å². The summed E-state index contributed by atoms with van der Waals surface area (Å²) in [6.07, 6.45) is 1.73. The van der Waals surface area contributed by atoms with Crippen LogP contribution in [-0.2, 0) is 6.54 Å². The van der Waals surface area contributed by atoms with Gasteiger partial charge in [-0.2, -0.15) is 5.10 Å². The van der Waals surface area contributed by atoms with Gasteiger partial charge >= 0.3 is 0 Å². The van der Waals surface area contributed by atoms with Crippen LogP contribution in [0, 0.1) is 13.8 Å². The molecule has 0 bridgehead atoms. The minimum atomic E-state index is 0.305. The van der Waals surface area contributed by atoms with Gasteiger partial charge in [0.05, 0.1) is 12.8 Å². The molecule has 0 atom stereocenters. The minimum absolute atomic E-state index is 0.305. The number of nitrogens with two attached hydrogens (primary N) is 1. The molecule has 4 heteroatoms. The van der Waals surface area contributed by atoms with Gasteiger partial charge in [0.2, 0.25) is 5.96 Å². The van der Waals surface area contributed by atoms with E-state index in [0.29, 0.717) is 12.5 Å². The molecule has 108 valence electrons. The zero-order valence-corrected chi connectivity index (χ0v) is 12.4. The molecule has 2 rings (SSSR count). The molecule has 0 saturated carbocycles. The molecule has 0 fully saturated rings. The number of benzene rings is 2. The average Bonchev–Trinajstić information content (AvgIpc) is 2.50. The number of nitrogens with one attached hydrogen (secondary N) is 1. The molecule has 2 aromatic rings. The maximum Gasteiger partial charge on any atom is 0.209 e. The number of guanidine groups is 1. The molecule has 21 heavy (non-hydrogen) atoms. The summed E-state index contributed by atoms with van der Waals surface area (Å²) in [6.45, 7) is 4.71. The highest BCUT2D eigenvalue weighted by molar-refractivity contribution is 5.83. The van der Waals surface area contributed by atoms with Gasteiger partial charge in [0.25, 0.3) is 0 Å². The largest absolute Gasteiger partial charge is 0.369 e. The fraction of sp³-hybridized carbons (Fsp3) is 0.176. The lowest BCUT2D eigenvalue weighted by Gasteiger charge is -2.02. The molecule has 4 nitrogen and oxygen atoms in total. The van der Waals surface area contributed by atoms with Crippen molar-refractivity contribution >= 4 is 12.2 Å². The first-order valence-electron chi connectivity index (χ1n) is 6.85. The van der Waals surface area contributed by atoms with Gasteiger partial charge in [0, 0.05) is 0 Å². The van der Waals surface area contributed by atoms with Gasteiger partial charge in [-0.05, 0) is 36.1 Å². The molecule has 0 radical (unpaired) electrons. The van der Waals surface area contributed by atoms with E-state index in [1.165, 1.54) is 11.1 Å². The van der Waals surface area contributed by atoms with Crippen LogP contribution in [0.4, 0.5) is 0 Å². The van der Waals surface area contributed by atoms with E-state index in [-0.39, 0.29) is 0 Å². The molecule has 3 N–H and O–H groups in total.